The van der Waals surface area contributed by atoms with E-state index in [2.05, 4.69) is 26.3 Å². The van der Waals surface area contributed by atoms with Crippen molar-refractivity contribution < 1.29 is 4.79 Å². The molecule has 0 aliphatic carbocycles. The van der Waals surface area contributed by atoms with Crippen molar-refractivity contribution in [3.8, 4) is 0 Å². The SMILES string of the molecule is O=C(N[C@@H]1C2CCN(CC2)[C@H]1Cc1cccnc1)c1cc2ccccc2cn1. The van der Waals surface area contributed by atoms with Crippen LogP contribution in [0.25, 0.3) is 10.8 Å². The molecule has 5 heterocycles. The van der Waals surface area contributed by atoms with Crippen LogP contribution in [-0.2, 0) is 6.42 Å². The Morgan fingerprint density at radius 3 is 2.68 bits per heavy atom. The summed E-state index contributed by atoms with van der Waals surface area (Å²) in [7, 11) is 0. The molecule has 2 atom stereocenters. The fourth-order valence-corrected chi connectivity index (χ4v) is 4.82. The van der Waals surface area contributed by atoms with Gasteiger partial charge < -0.3 is 5.32 Å². The van der Waals surface area contributed by atoms with Crippen LogP contribution in [0.2, 0.25) is 0 Å². The highest BCUT2D eigenvalue weighted by Gasteiger charge is 2.42. The first-order chi connectivity index (χ1) is 13.8. The van der Waals surface area contributed by atoms with E-state index in [9.17, 15) is 4.79 Å². The zero-order valence-electron chi connectivity index (χ0n) is 15.8. The van der Waals surface area contributed by atoms with Crippen LogP contribution >= 0.6 is 0 Å². The molecule has 5 nitrogen and oxygen atoms in total. The van der Waals surface area contributed by atoms with Gasteiger partial charge in [0.05, 0.1) is 0 Å². The van der Waals surface area contributed by atoms with Crippen molar-refractivity contribution in [1.82, 2.24) is 20.2 Å². The maximum absolute atomic E-state index is 13.0. The third-order valence-corrected chi connectivity index (χ3v) is 6.29. The van der Waals surface area contributed by atoms with Crippen molar-refractivity contribution in [2.45, 2.75) is 31.3 Å². The molecule has 2 bridgehead atoms. The molecule has 3 aromatic rings. The standard InChI is InChI=1S/C23H24N4O/c28-23(20-13-18-5-1-2-6-19(18)15-25-20)26-22-17-7-10-27(11-8-17)21(22)12-16-4-3-9-24-14-16/h1-6,9,13-15,17,21-22H,7-8,10-12H2,(H,26,28)/t21-,22+/m0/s1. The largest absolute Gasteiger partial charge is 0.346 e. The molecule has 1 amide bonds. The summed E-state index contributed by atoms with van der Waals surface area (Å²) in [6.45, 7) is 2.24. The van der Waals surface area contributed by atoms with E-state index >= 15 is 0 Å². The molecule has 142 valence electrons. The smallest absolute Gasteiger partial charge is 0.270 e. The highest BCUT2D eigenvalue weighted by Crippen LogP contribution is 2.34. The van der Waals surface area contributed by atoms with Crippen molar-refractivity contribution in [3.63, 3.8) is 0 Å². The Hall–Kier alpha value is -2.79. The third kappa shape index (κ3) is 3.27. The summed E-state index contributed by atoms with van der Waals surface area (Å²) >= 11 is 0. The Labute approximate surface area is 164 Å². The molecule has 1 N–H and O–H groups in total. The fourth-order valence-electron chi connectivity index (χ4n) is 4.82. The zero-order valence-corrected chi connectivity index (χ0v) is 15.8. The number of aromatic nitrogens is 2. The summed E-state index contributed by atoms with van der Waals surface area (Å²) in [5.74, 6) is 0.469. The van der Waals surface area contributed by atoms with Gasteiger partial charge >= 0.3 is 0 Å². The number of carbonyl (C=O) groups excluding carboxylic acids is 1. The van der Waals surface area contributed by atoms with Crippen LogP contribution in [-0.4, -0.2) is 45.9 Å². The lowest BCUT2D eigenvalue weighted by Gasteiger charge is -2.51. The van der Waals surface area contributed by atoms with Gasteiger partial charge in [-0.3, -0.25) is 19.7 Å². The average molecular weight is 372 g/mol. The number of carbonyl (C=O) groups is 1. The number of pyridine rings is 2. The van der Waals surface area contributed by atoms with Crippen LogP contribution in [0.15, 0.2) is 61.1 Å². The van der Waals surface area contributed by atoms with Crippen LogP contribution in [0, 0.1) is 5.92 Å². The molecule has 6 rings (SSSR count). The van der Waals surface area contributed by atoms with Crippen LogP contribution in [0.4, 0.5) is 0 Å². The Morgan fingerprint density at radius 1 is 1.07 bits per heavy atom. The lowest BCUT2D eigenvalue weighted by Crippen LogP contribution is -2.64. The average Bonchev–Trinajstić information content (AvgIpc) is 2.76. The van der Waals surface area contributed by atoms with Crippen molar-refractivity contribution in [2.24, 2.45) is 5.92 Å². The number of hydrogen-bond donors (Lipinski definition) is 1. The number of nitrogens with one attached hydrogen (secondary N) is 1. The Bertz CT molecular complexity index is 982. The number of hydrogen-bond acceptors (Lipinski definition) is 4. The molecule has 0 unspecified atom stereocenters. The Morgan fingerprint density at radius 2 is 1.89 bits per heavy atom. The third-order valence-electron chi connectivity index (χ3n) is 6.29. The monoisotopic (exact) mass is 372 g/mol. The number of nitrogens with zero attached hydrogens (tertiary/aromatic N) is 3. The van der Waals surface area contributed by atoms with Crippen molar-refractivity contribution >= 4 is 16.7 Å². The van der Waals surface area contributed by atoms with Crippen LogP contribution in [0.3, 0.4) is 0 Å². The molecule has 3 aliphatic heterocycles. The molecule has 1 aromatic carbocycles. The van der Waals surface area contributed by atoms with Gasteiger partial charge in [-0.25, -0.2) is 0 Å². The van der Waals surface area contributed by atoms with Gasteiger partial charge in [-0.1, -0.05) is 30.3 Å². The first-order valence-corrected chi connectivity index (χ1v) is 10.1. The summed E-state index contributed by atoms with van der Waals surface area (Å²) in [5.41, 5.74) is 1.72. The second kappa shape index (κ2) is 7.32. The van der Waals surface area contributed by atoms with E-state index in [1.165, 1.54) is 5.56 Å². The van der Waals surface area contributed by atoms with Gasteiger partial charge in [0.25, 0.3) is 5.91 Å². The molecular weight excluding hydrogens is 348 g/mol. The molecule has 0 spiro atoms. The molecule has 3 fully saturated rings. The topological polar surface area (TPSA) is 58.1 Å². The summed E-state index contributed by atoms with van der Waals surface area (Å²) in [5, 5.41) is 5.44. The van der Waals surface area contributed by atoms with Crippen LogP contribution in [0.5, 0.6) is 0 Å². The Balaban J connectivity index is 1.38. The highest BCUT2D eigenvalue weighted by atomic mass is 16.2. The first-order valence-electron chi connectivity index (χ1n) is 10.1. The van der Waals surface area contributed by atoms with E-state index in [-0.39, 0.29) is 11.9 Å². The summed E-state index contributed by atoms with van der Waals surface area (Å²) in [4.78, 5) is 24.2. The molecule has 3 aliphatic rings. The summed E-state index contributed by atoms with van der Waals surface area (Å²) in [6, 6.07) is 14.5. The minimum atomic E-state index is -0.0688. The molecule has 0 radical (unpaired) electrons. The minimum absolute atomic E-state index is 0.0688. The number of rotatable bonds is 4. The van der Waals surface area contributed by atoms with Gasteiger partial charge in [0.2, 0.25) is 0 Å². The van der Waals surface area contributed by atoms with E-state index in [0.29, 0.717) is 17.7 Å². The van der Waals surface area contributed by atoms with Gasteiger partial charge in [-0.2, -0.15) is 0 Å². The predicted molar refractivity (Wildman–Crippen MR) is 109 cm³/mol. The molecule has 2 aromatic heterocycles. The van der Waals surface area contributed by atoms with Crippen LogP contribution in [0.1, 0.15) is 28.9 Å². The van der Waals surface area contributed by atoms with E-state index in [1.807, 2.05) is 48.8 Å². The number of piperidine rings is 3. The predicted octanol–water partition coefficient (Wildman–Crippen LogP) is 3.07. The van der Waals surface area contributed by atoms with E-state index in [4.69, 9.17) is 0 Å². The van der Waals surface area contributed by atoms with Gasteiger partial charge in [-0.05, 0) is 61.4 Å². The fraction of sp³-hybridized carbons (Fsp3) is 0.348. The first kappa shape index (κ1) is 17.3. The lowest BCUT2D eigenvalue weighted by molar-refractivity contribution is 0.0135. The number of fused-ring (bicyclic) bond motifs is 4. The highest BCUT2D eigenvalue weighted by molar-refractivity contribution is 5.96. The summed E-state index contributed by atoms with van der Waals surface area (Å²) in [6.07, 6.45) is 8.75. The second-order valence-electron chi connectivity index (χ2n) is 7.92. The van der Waals surface area contributed by atoms with Crippen molar-refractivity contribution in [1.29, 1.82) is 0 Å². The van der Waals surface area contributed by atoms with Crippen molar-refractivity contribution in [3.05, 3.63) is 72.3 Å². The number of benzene rings is 1. The summed E-state index contributed by atoms with van der Waals surface area (Å²) < 4.78 is 0. The second-order valence-corrected chi connectivity index (χ2v) is 7.92. The van der Waals surface area contributed by atoms with E-state index in [1.54, 1.807) is 6.20 Å². The lowest BCUT2D eigenvalue weighted by atomic mass is 9.76. The number of amides is 1. The van der Waals surface area contributed by atoms with Gasteiger partial charge in [-0.15, -0.1) is 0 Å². The molecule has 3 saturated heterocycles. The molecule has 28 heavy (non-hydrogen) atoms. The van der Waals surface area contributed by atoms with Gasteiger partial charge in [0, 0.05) is 36.1 Å². The minimum Gasteiger partial charge on any atom is -0.346 e. The normalized spacial score (nSPS) is 26.3. The van der Waals surface area contributed by atoms with Crippen LogP contribution < -0.4 is 5.32 Å². The van der Waals surface area contributed by atoms with Gasteiger partial charge in [0.15, 0.2) is 0 Å². The van der Waals surface area contributed by atoms with E-state index < -0.39 is 0 Å². The maximum Gasteiger partial charge on any atom is 0.270 e. The molecular formula is C23H24N4O. The quantitative estimate of drug-likeness (QED) is 0.765. The van der Waals surface area contributed by atoms with E-state index in [0.717, 1.165) is 43.1 Å². The maximum atomic E-state index is 13.0. The molecule has 5 heteroatoms. The van der Waals surface area contributed by atoms with Gasteiger partial charge in [0.1, 0.15) is 5.69 Å². The van der Waals surface area contributed by atoms with Crippen molar-refractivity contribution in [2.75, 3.05) is 13.1 Å². The molecule has 0 saturated carbocycles. The Kier molecular flexibility index (Phi) is 4.53. The zero-order chi connectivity index (χ0) is 18.9.